The van der Waals surface area contributed by atoms with Gasteiger partial charge in [-0.3, -0.25) is 0 Å². The summed E-state index contributed by atoms with van der Waals surface area (Å²) in [4.78, 5) is 7.75. The Balaban J connectivity index is 2.26. The lowest BCUT2D eigenvalue weighted by atomic mass is 10.2. The third kappa shape index (κ3) is 2.22. The second kappa shape index (κ2) is 4.82. The van der Waals surface area contributed by atoms with Crippen molar-refractivity contribution in [2.24, 2.45) is 0 Å². The molecule has 4 heteroatoms. The van der Waals surface area contributed by atoms with Gasteiger partial charge in [0.2, 0.25) is 0 Å². The van der Waals surface area contributed by atoms with E-state index < -0.39 is 0 Å². The molecule has 3 nitrogen and oxygen atoms in total. The Morgan fingerprint density at radius 1 is 1.11 bits per heavy atom. The first-order valence-corrected chi connectivity index (χ1v) is 6.32. The van der Waals surface area contributed by atoms with Crippen LogP contribution in [0.5, 0.6) is 5.75 Å². The van der Waals surface area contributed by atoms with Crippen molar-refractivity contribution in [2.45, 2.75) is 0 Å². The van der Waals surface area contributed by atoms with E-state index in [1.807, 2.05) is 48.5 Å². The van der Waals surface area contributed by atoms with E-state index in [1.165, 1.54) is 0 Å². The second-order valence-corrected chi connectivity index (χ2v) is 4.55. The van der Waals surface area contributed by atoms with Gasteiger partial charge in [0.15, 0.2) is 0 Å². The molecular weight excluding hydrogens is 256 g/mol. The van der Waals surface area contributed by atoms with Gasteiger partial charge in [-0.2, -0.15) is 0 Å². The van der Waals surface area contributed by atoms with E-state index in [9.17, 15) is 0 Å². The smallest absolute Gasteiger partial charge is 0.139 e. The highest BCUT2D eigenvalue weighted by Gasteiger charge is 2.04. The SMILES string of the molecule is COc1ccc2c(=S)nc(-c3ccccc3)[nH]c2c1. The molecule has 3 aromatic rings. The van der Waals surface area contributed by atoms with E-state index in [2.05, 4.69) is 9.97 Å². The van der Waals surface area contributed by atoms with E-state index in [4.69, 9.17) is 17.0 Å². The number of aromatic amines is 1. The average Bonchev–Trinajstić information content (AvgIpc) is 2.47. The van der Waals surface area contributed by atoms with Crippen LogP contribution in [-0.2, 0) is 0 Å². The van der Waals surface area contributed by atoms with Crippen LogP contribution < -0.4 is 4.74 Å². The fraction of sp³-hybridized carbons (Fsp3) is 0.0667. The van der Waals surface area contributed by atoms with Crippen LogP contribution in [0.3, 0.4) is 0 Å². The van der Waals surface area contributed by atoms with Crippen LogP contribution in [0.25, 0.3) is 22.3 Å². The number of fused-ring (bicyclic) bond motifs is 1. The maximum absolute atomic E-state index is 5.35. The minimum absolute atomic E-state index is 0.593. The van der Waals surface area contributed by atoms with Crippen molar-refractivity contribution >= 4 is 23.1 Å². The Labute approximate surface area is 115 Å². The summed E-state index contributed by atoms with van der Waals surface area (Å²) in [6, 6.07) is 15.7. The van der Waals surface area contributed by atoms with E-state index in [1.54, 1.807) is 7.11 Å². The molecule has 1 aromatic heterocycles. The Morgan fingerprint density at radius 3 is 2.63 bits per heavy atom. The van der Waals surface area contributed by atoms with Gasteiger partial charge in [-0.05, 0) is 12.1 Å². The quantitative estimate of drug-likeness (QED) is 0.715. The van der Waals surface area contributed by atoms with Gasteiger partial charge in [0.25, 0.3) is 0 Å². The van der Waals surface area contributed by atoms with Crippen molar-refractivity contribution < 1.29 is 4.74 Å². The van der Waals surface area contributed by atoms with Crippen molar-refractivity contribution in [1.82, 2.24) is 9.97 Å². The Bertz CT molecular complexity index is 781. The van der Waals surface area contributed by atoms with Crippen LogP contribution in [0.4, 0.5) is 0 Å². The Kier molecular flexibility index (Phi) is 3.01. The molecule has 0 spiro atoms. The molecule has 94 valence electrons. The maximum Gasteiger partial charge on any atom is 0.139 e. The molecule has 1 N–H and O–H groups in total. The molecule has 2 aromatic carbocycles. The van der Waals surface area contributed by atoms with Gasteiger partial charge in [0.1, 0.15) is 16.2 Å². The van der Waals surface area contributed by atoms with Crippen molar-refractivity contribution in [1.29, 1.82) is 0 Å². The zero-order valence-corrected chi connectivity index (χ0v) is 11.2. The predicted octanol–water partition coefficient (Wildman–Crippen LogP) is 3.97. The molecule has 0 amide bonds. The van der Waals surface area contributed by atoms with Gasteiger partial charge >= 0.3 is 0 Å². The van der Waals surface area contributed by atoms with Crippen LogP contribution in [0.2, 0.25) is 0 Å². The molecule has 0 unspecified atom stereocenters. The second-order valence-electron chi connectivity index (χ2n) is 4.17. The minimum atomic E-state index is 0.593. The van der Waals surface area contributed by atoms with E-state index in [0.717, 1.165) is 28.0 Å². The number of hydrogen-bond donors (Lipinski definition) is 1. The molecule has 0 fully saturated rings. The first-order chi connectivity index (χ1) is 9.28. The number of nitrogens with zero attached hydrogens (tertiary/aromatic N) is 1. The van der Waals surface area contributed by atoms with Gasteiger partial charge in [0, 0.05) is 17.0 Å². The third-order valence-corrected chi connectivity index (χ3v) is 3.28. The number of H-pyrrole nitrogens is 1. The topological polar surface area (TPSA) is 37.9 Å². The molecule has 0 bridgehead atoms. The Morgan fingerprint density at radius 2 is 1.89 bits per heavy atom. The largest absolute Gasteiger partial charge is 0.497 e. The molecule has 3 rings (SSSR count). The molecule has 0 aliphatic carbocycles. The number of hydrogen-bond acceptors (Lipinski definition) is 3. The van der Waals surface area contributed by atoms with E-state index in [-0.39, 0.29) is 0 Å². The number of aromatic nitrogens is 2. The van der Waals surface area contributed by atoms with Gasteiger partial charge in [0.05, 0.1) is 12.6 Å². The highest BCUT2D eigenvalue weighted by atomic mass is 32.1. The highest BCUT2D eigenvalue weighted by molar-refractivity contribution is 7.71. The zero-order chi connectivity index (χ0) is 13.2. The molecule has 1 heterocycles. The van der Waals surface area contributed by atoms with Crippen molar-refractivity contribution in [3.8, 4) is 17.1 Å². The average molecular weight is 268 g/mol. The van der Waals surface area contributed by atoms with Crippen molar-refractivity contribution in [3.05, 3.63) is 53.2 Å². The van der Waals surface area contributed by atoms with Crippen LogP contribution in [0.15, 0.2) is 48.5 Å². The number of nitrogens with one attached hydrogen (secondary N) is 1. The lowest BCUT2D eigenvalue weighted by Crippen LogP contribution is -1.92. The fourth-order valence-corrected chi connectivity index (χ4v) is 2.26. The molecular formula is C15H12N2OS. The summed E-state index contributed by atoms with van der Waals surface area (Å²) in [7, 11) is 1.65. The van der Waals surface area contributed by atoms with E-state index >= 15 is 0 Å². The summed E-state index contributed by atoms with van der Waals surface area (Å²) in [6.07, 6.45) is 0. The normalized spacial score (nSPS) is 10.6. The minimum Gasteiger partial charge on any atom is -0.497 e. The summed E-state index contributed by atoms with van der Waals surface area (Å²) in [5.41, 5.74) is 1.94. The zero-order valence-electron chi connectivity index (χ0n) is 10.4. The van der Waals surface area contributed by atoms with E-state index in [0.29, 0.717) is 4.64 Å². The van der Waals surface area contributed by atoms with Crippen molar-refractivity contribution in [2.75, 3.05) is 7.11 Å². The Hall–Kier alpha value is -2.20. The maximum atomic E-state index is 5.35. The summed E-state index contributed by atoms with van der Waals surface area (Å²) in [5.74, 6) is 1.56. The highest BCUT2D eigenvalue weighted by Crippen LogP contribution is 2.23. The number of ether oxygens (including phenoxy) is 1. The predicted molar refractivity (Wildman–Crippen MR) is 78.9 cm³/mol. The lowest BCUT2D eigenvalue weighted by Gasteiger charge is -2.06. The molecule has 0 aliphatic rings. The van der Waals surface area contributed by atoms with Crippen LogP contribution in [-0.4, -0.2) is 17.1 Å². The van der Waals surface area contributed by atoms with Gasteiger partial charge in [-0.25, -0.2) is 4.98 Å². The summed E-state index contributed by atoms with van der Waals surface area (Å²) in [6.45, 7) is 0. The van der Waals surface area contributed by atoms with Gasteiger partial charge < -0.3 is 9.72 Å². The fourth-order valence-electron chi connectivity index (χ4n) is 1.99. The van der Waals surface area contributed by atoms with Crippen molar-refractivity contribution in [3.63, 3.8) is 0 Å². The van der Waals surface area contributed by atoms with Gasteiger partial charge in [-0.1, -0.05) is 42.5 Å². The molecule has 0 saturated heterocycles. The van der Waals surface area contributed by atoms with Crippen LogP contribution >= 0.6 is 12.2 Å². The standard InChI is InChI=1S/C15H12N2OS/c1-18-11-7-8-12-13(9-11)16-14(17-15(12)19)10-5-3-2-4-6-10/h2-9H,1H3,(H,16,17,19). The lowest BCUT2D eigenvalue weighted by molar-refractivity contribution is 0.415. The molecule has 0 atom stereocenters. The molecule has 0 aliphatic heterocycles. The van der Waals surface area contributed by atoms with Gasteiger partial charge in [-0.15, -0.1) is 0 Å². The van der Waals surface area contributed by atoms with Crippen LogP contribution in [0.1, 0.15) is 0 Å². The first-order valence-electron chi connectivity index (χ1n) is 5.91. The molecule has 0 radical (unpaired) electrons. The molecule has 0 saturated carbocycles. The summed E-state index contributed by atoms with van der Waals surface area (Å²) < 4.78 is 5.83. The molecule has 19 heavy (non-hydrogen) atoms. The monoisotopic (exact) mass is 268 g/mol. The first kappa shape index (κ1) is 11.9. The summed E-state index contributed by atoms with van der Waals surface area (Å²) in [5, 5.41) is 0.926. The van der Waals surface area contributed by atoms with Crippen LogP contribution in [0, 0.1) is 4.64 Å². The number of rotatable bonds is 2. The number of benzene rings is 2. The number of methoxy groups -OCH3 is 1. The summed E-state index contributed by atoms with van der Waals surface area (Å²) >= 11 is 5.35. The third-order valence-electron chi connectivity index (χ3n) is 2.97.